The minimum absolute atomic E-state index is 0.0495. The molecule has 5 nitrogen and oxygen atoms in total. The number of aliphatic imine (C=N–C) groups is 1. The van der Waals surface area contributed by atoms with Crippen molar-refractivity contribution in [2.24, 2.45) is 4.99 Å². The number of guanidine groups is 1. The van der Waals surface area contributed by atoms with E-state index in [0.29, 0.717) is 31.5 Å². The highest BCUT2D eigenvalue weighted by atomic mass is 32.1. The Morgan fingerprint density at radius 2 is 2.11 bits per heavy atom. The van der Waals surface area contributed by atoms with E-state index < -0.39 is 11.6 Å². The maximum Gasteiger partial charge on any atom is 0.191 e. The third-order valence-corrected chi connectivity index (χ3v) is 5.70. The summed E-state index contributed by atoms with van der Waals surface area (Å²) < 4.78 is 28.0. The molecule has 2 heterocycles. The Labute approximate surface area is 162 Å². The second kappa shape index (κ2) is 8.65. The van der Waals surface area contributed by atoms with E-state index in [0.717, 1.165) is 17.1 Å². The summed E-state index contributed by atoms with van der Waals surface area (Å²) in [6.07, 6.45) is 0.780. The summed E-state index contributed by atoms with van der Waals surface area (Å²) in [6.45, 7) is 5.95. The fourth-order valence-corrected chi connectivity index (χ4v) is 3.94. The molecule has 0 aliphatic carbocycles. The van der Waals surface area contributed by atoms with E-state index >= 15 is 0 Å². The maximum absolute atomic E-state index is 14.0. The van der Waals surface area contributed by atoms with E-state index in [-0.39, 0.29) is 11.7 Å². The van der Waals surface area contributed by atoms with Crippen LogP contribution in [0.1, 0.15) is 36.9 Å². The summed E-state index contributed by atoms with van der Waals surface area (Å²) in [7, 11) is 1.71. The number of halogens is 2. The van der Waals surface area contributed by atoms with E-state index in [4.69, 9.17) is 0 Å². The number of nitrogens with one attached hydrogen (secondary N) is 2. The van der Waals surface area contributed by atoms with Gasteiger partial charge in [0.05, 0.1) is 17.2 Å². The van der Waals surface area contributed by atoms with Crippen LogP contribution in [0.4, 0.5) is 14.5 Å². The molecule has 2 aromatic rings. The Balaban J connectivity index is 1.54. The van der Waals surface area contributed by atoms with E-state index in [2.05, 4.69) is 34.5 Å². The number of aromatic nitrogens is 1. The highest BCUT2D eigenvalue weighted by Gasteiger charge is 2.27. The summed E-state index contributed by atoms with van der Waals surface area (Å²) in [5, 5.41) is 9.76. The van der Waals surface area contributed by atoms with Crippen LogP contribution in [-0.4, -0.2) is 37.1 Å². The molecule has 3 rings (SSSR count). The van der Waals surface area contributed by atoms with Crippen LogP contribution in [-0.2, 0) is 6.54 Å². The normalized spacial score (nSPS) is 17.6. The molecule has 1 aliphatic heterocycles. The highest BCUT2D eigenvalue weighted by molar-refractivity contribution is 7.09. The predicted molar refractivity (Wildman–Crippen MR) is 107 cm³/mol. The molecule has 1 aliphatic rings. The zero-order valence-corrected chi connectivity index (χ0v) is 16.6. The van der Waals surface area contributed by atoms with Crippen LogP contribution < -0.4 is 15.5 Å². The second-order valence-electron chi connectivity index (χ2n) is 6.90. The molecule has 1 atom stereocenters. The van der Waals surface area contributed by atoms with Crippen molar-refractivity contribution in [3.05, 3.63) is 45.9 Å². The number of benzene rings is 1. The maximum atomic E-state index is 14.0. The molecule has 1 aromatic carbocycles. The number of anilines is 1. The number of hydrogen-bond acceptors (Lipinski definition) is 4. The monoisotopic (exact) mass is 393 g/mol. The van der Waals surface area contributed by atoms with Gasteiger partial charge in [-0.15, -0.1) is 11.3 Å². The predicted octanol–water partition coefficient (Wildman–Crippen LogP) is 3.49. The van der Waals surface area contributed by atoms with E-state index in [9.17, 15) is 8.78 Å². The fourth-order valence-electron chi connectivity index (χ4n) is 3.10. The van der Waals surface area contributed by atoms with Crippen molar-refractivity contribution in [1.82, 2.24) is 15.6 Å². The van der Waals surface area contributed by atoms with Crippen molar-refractivity contribution in [2.45, 2.75) is 38.8 Å². The molecule has 1 saturated heterocycles. The fraction of sp³-hybridized carbons (Fsp3) is 0.474. The summed E-state index contributed by atoms with van der Waals surface area (Å²) in [5.41, 5.74) is 1.03. The molecule has 1 aromatic heterocycles. The van der Waals surface area contributed by atoms with Crippen LogP contribution in [0.2, 0.25) is 0 Å². The molecule has 27 heavy (non-hydrogen) atoms. The Bertz CT molecular complexity index is 785. The summed E-state index contributed by atoms with van der Waals surface area (Å²) in [4.78, 5) is 10.6. The molecule has 2 N–H and O–H groups in total. The lowest BCUT2D eigenvalue weighted by molar-refractivity contribution is 0.576. The first-order valence-corrected chi connectivity index (χ1v) is 9.96. The minimum Gasteiger partial charge on any atom is -0.365 e. The third-order valence-electron chi connectivity index (χ3n) is 4.51. The quantitative estimate of drug-likeness (QED) is 0.603. The molecule has 8 heteroatoms. The van der Waals surface area contributed by atoms with Crippen LogP contribution in [0.3, 0.4) is 0 Å². The van der Waals surface area contributed by atoms with Crippen molar-refractivity contribution < 1.29 is 8.78 Å². The topological polar surface area (TPSA) is 52.6 Å². The van der Waals surface area contributed by atoms with Gasteiger partial charge in [-0.2, -0.15) is 0 Å². The lowest BCUT2D eigenvalue weighted by Gasteiger charge is -2.21. The Hall–Kier alpha value is -2.22. The summed E-state index contributed by atoms with van der Waals surface area (Å²) in [6, 6.07) is 4.03. The molecule has 0 saturated carbocycles. The van der Waals surface area contributed by atoms with Crippen LogP contribution in [0, 0.1) is 11.6 Å². The molecule has 0 spiro atoms. The van der Waals surface area contributed by atoms with Gasteiger partial charge in [0.15, 0.2) is 5.96 Å². The minimum atomic E-state index is -0.525. The van der Waals surface area contributed by atoms with Gasteiger partial charge in [0, 0.05) is 37.5 Å². The molecule has 0 amide bonds. The average Bonchev–Trinajstić information content (AvgIpc) is 3.28. The van der Waals surface area contributed by atoms with Crippen molar-refractivity contribution >= 4 is 23.0 Å². The Kier molecular flexibility index (Phi) is 6.26. The van der Waals surface area contributed by atoms with Crippen molar-refractivity contribution in [2.75, 3.05) is 25.0 Å². The van der Waals surface area contributed by atoms with Gasteiger partial charge in [0.1, 0.15) is 17.3 Å². The van der Waals surface area contributed by atoms with Crippen LogP contribution in [0.5, 0.6) is 0 Å². The van der Waals surface area contributed by atoms with Gasteiger partial charge in [0.25, 0.3) is 0 Å². The first kappa shape index (κ1) is 19.5. The van der Waals surface area contributed by atoms with Gasteiger partial charge in [-0.25, -0.2) is 13.8 Å². The molecular formula is C19H25F2N5S. The lowest BCUT2D eigenvalue weighted by Crippen LogP contribution is -2.44. The van der Waals surface area contributed by atoms with Crippen LogP contribution in [0.15, 0.2) is 28.6 Å². The highest BCUT2D eigenvalue weighted by Crippen LogP contribution is 2.26. The average molecular weight is 394 g/mol. The molecule has 146 valence electrons. The molecule has 0 bridgehead atoms. The molecule has 1 fully saturated rings. The van der Waals surface area contributed by atoms with E-state index in [1.54, 1.807) is 23.3 Å². The van der Waals surface area contributed by atoms with Gasteiger partial charge >= 0.3 is 0 Å². The largest absolute Gasteiger partial charge is 0.365 e. The van der Waals surface area contributed by atoms with Gasteiger partial charge in [-0.1, -0.05) is 19.9 Å². The van der Waals surface area contributed by atoms with E-state index in [1.807, 2.05) is 5.38 Å². The van der Waals surface area contributed by atoms with Crippen molar-refractivity contribution in [3.63, 3.8) is 0 Å². The van der Waals surface area contributed by atoms with Crippen molar-refractivity contribution in [1.29, 1.82) is 0 Å². The van der Waals surface area contributed by atoms with Gasteiger partial charge in [-0.3, -0.25) is 4.99 Å². The zero-order valence-electron chi connectivity index (χ0n) is 15.8. The van der Waals surface area contributed by atoms with Gasteiger partial charge in [0.2, 0.25) is 0 Å². The molecule has 1 unspecified atom stereocenters. The standard InChI is InChI=1S/C19H25F2N5S/c1-12(2)18-24-14(11-27-18)9-23-19(22-3)25-13-7-8-26(10-13)17-15(20)5-4-6-16(17)21/h4-6,11-13H,7-10H2,1-3H3,(H2,22,23,25). The first-order chi connectivity index (χ1) is 13.0. The summed E-state index contributed by atoms with van der Waals surface area (Å²) in [5.74, 6) is 0.0321. The number of rotatable bonds is 5. The first-order valence-electron chi connectivity index (χ1n) is 9.08. The van der Waals surface area contributed by atoms with E-state index in [1.165, 1.54) is 18.2 Å². The lowest BCUT2D eigenvalue weighted by atomic mass is 10.2. The number of nitrogens with zero attached hydrogens (tertiary/aromatic N) is 3. The molecule has 0 radical (unpaired) electrons. The smallest absolute Gasteiger partial charge is 0.191 e. The second-order valence-corrected chi connectivity index (χ2v) is 7.79. The molecular weight excluding hydrogens is 368 g/mol. The van der Waals surface area contributed by atoms with Gasteiger partial charge < -0.3 is 15.5 Å². The SMILES string of the molecule is CN=C(NCc1csc(C(C)C)n1)NC1CCN(c2c(F)cccc2F)C1. The Morgan fingerprint density at radius 1 is 1.37 bits per heavy atom. The summed E-state index contributed by atoms with van der Waals surface area (Å²) >= 11 is 1.66. The number of thiazole rings is 1. The number of hydrogen-bond donors (Lipinski definition) is 2. The zero-order chi connectivity index (χ0) is 19.4. The van der Waals surface area contributed by atoms with Crippen LogP contribution in [0.25, 0.3) is 0 Å². The van der Waals surface area contributed by atoms with Crippen LogP contribution >= 0.6 is 11.3 Å². The van der Waals surface area contributed by atoms with Gasteiger partial charge in [-0.05, 0) is 18.6 Å². The van der Waals surface area contributed by atoms with Crippen molar-refractivity contribution in [3.8, 4) is 0 Å². The third kappa shape index (κ3) is 4.74. The number of para-hydroxylation sites is 1. The Morgan fingerprint density at radius 3 is 2.74 bits per heavy atom.